The number of aromatic amines is 2. The van der Waals surface area contributed by atoms with Crippen molar-refractivity contribution in [2.75, 3.05) is 0 Å². The van der Waals surface area contributed by atoms with Gasteiger partial charge in [0.1, 0.15) is 0 Å². The van der Waals surface area contributed by atoms with E-state index < -0.39 is 0 Å². The van der Waals surface area contributed by atoms with Gasteiger partial charge in [-0.3, -0.25) is 0 Å². The monoisotopic (exact) mass is 143 g/mol. The molecule has 0 amide bonds. The molecule has 1 heterocycles. The van der Waals surface area contributed by atoms with E-state index >= 15 is 0 Å². The van der Waals surface area contributed by atoms with Crippen LogP contribution >= 0.6 is 12.2 Å². The van der Waals surface area contributed by atoms with Crippen LogP contribution in [0.5, 0.6) is 0 Å². The van der Waals surface area contributed by atoms with Gasteiger partial charge in [-0.15, -0.1) is 5.11 Å². The lowest BCUT2D eigenvalue weighted by molar-refractivity contribution is 1.04. The lowest BCUT2D eigenvalue weighted by Gasteiger charge is -1.75. The summed E-state index contributed by atoms with van der Waals surface area (Å²) in [6, 6.07) is 0. The first-order valence-electron chi connectivity index (χ1n) is 2.21. The highest BCUT2D eigenvalue weighted by atomic mass is 32.1. The van der Waals surface area contributed by atoms with E-state index in [1.807, 2.05) is 0 Å². The maximum atomic E-state index is 4.76. The van der Waals surface area contributed by atoms with Crippen molar-refractivity contribution in [2.24, 2.45) is 16.2 Å². The van der Waals surface area contributed by atoms with Crippen LogP contribution in [0.1, 0.15) is 0 Å². The van der Waals surface area contributed by atoms with Crippen molar-refractivity contribution in [1.29, 1.82) is 0 Å². The fourth-order valence-electron chi connectivity index (χ4n) is 0.438. The van der Waals surface area contributed by atoms with Gasteiger partial charge in [-0.25, -0.2) is 0 Å². The summed E-state index contributed by atoms with van der Waals surface area (Å²) in [6.45, 7) is 0. The third kappa shape index (κ3) is 1.36. The highest BCUT2D eigenvalue weighted by Crippen LogP contribution is 2.03. The largest absolute Gasteiger partial charge is 0.335 e. The predicted molar refractivity (Wildman–Crippen MR) is 34.7 cm³/mol. The molecule has 0 atom stereocenters. The number of hydrogen-bond acceptors (Lipinski definition) is 3. The van der Waals surface area contributed by atoms with Gasteiger partial charge >= 0.3 is 0 Å². The topological polar surface area (TPSA) is 82.3 Å². The lowest BCUT2D eigenvalue weighted by Crippen LogP contribution is -1.72. The number of hydrogen-bond donors (Lipinski definition) is 3. The molecule has 0 fully saturated rings. The van der Waals surface area contributed by atoms with Gasteiger partial charge in [0.05, 0.1) is 0 Å². The first kappa shape index (κ1) is 5.96. The maximum absolute atomic E-state index is 4.76. The van der Waals surface area contributed by atoms with Gasteiger partial charge in [0.15, 0.2) is 10.6 Å². The van der Waals surface area contributed by atoms with Gasteiger partial charge in [0, 0.05) is 6.20 Å². The van der Waals surface area contributed by atoms with E-state index in [-0.39, 0.29) is 0 Å². The Labute approximate surface area is 56.0 Å². The number of nitrogens with one attached hydrogen (secondary N) is 2. The second-order valence-corrected chi connectivity index (χ2v) is 1.75. The summed E-state index contributed by atoms with van der Waals surface area (Å²) >= 11 is 4.69. The van der Waals surface area contributed by atoms with E-state index in [0.29, 0.717) is 10.6 Å². The Morgan fingerprint density at radius 1 is 1.67 bits per heavy atom. The zero-order chi connectivity index (χ0) is 6.69. The van der Waals surface area contributed by atoms with Crippen LogP contribution in [0.15, 0.2) is 16.5 Å². The Morgan fingerprint density at radius 3 is 2.89 bits per heavy atom. The van der Waals surface area contributed by atoms with E-state index in [9.17, 15) is 0 Å². The SMILES string of the molecule is NN=Nc1c[nH]c(=S)[nH]1. The molecule has 1 rings (SSSR count). The molecule has 5 nitrogen and oxygen atoms in total. The molecule has 4 N–H and O–H groups in total. The van der Waals surface area contributed by atoms with Crippen LogP contribution in [0.4, 0.5) is 5.82 Å². The Bertz CT molecular complexity index is 257. The molecule has 0 saturated carbocycles. The molecule has 0 aliphatic heterocycles. The number of rotatable bonds is 1. The quantitative estimate of drug-likeness (QED) is 0.237. The second kappa shape index (κ2) is 2.40. The fourth-order valence-corrected chi connectivity index (χ4v) is 0.602. The Morgan fingerprint density at radius 2 is 2.44 bits per heavy atom. The molecule has 1 aromatic rings. The van der Waals surface area contributed by atoms with Gasteiger partial charge < -0.3 is 15.8 Å². The number of imidazole rings is 1. The van der Waals surface area contributed by atoms with Gasteiger partial charge in [-0.05, 0) is 12.2 Å². The minimum Gasteiger partial charge on any atom is -0.335 e. The predicted octanol–water partition coefficient (Wildman–Crippen LogP) is 1.03. The Balaban J connectivity index is 2.98. The van der Waals surface area contributed by atoms with E-state index in [1.165, 1.54) is 0 Å². The third-order valence-electron chi connectivity index (χ3n) is 0.747. The van der Waals surface area contributed by atoms with Gasteiger partial charge in [0.2, 0.25) is 0 Å². The van der Waals surface area contributed by atoms with Crippen molar-refractivity contribution < 1.29 is 0 Å². The van der Waals surface area contributed by atoms with Crippen LogP contribution < -0.4 is 5.84 Å². The number of nitrogens with zero attached hydrogens (tertiary/aromatic N) is 2. The van der Waals surface area contributed by atoms with E-state index in [0.717, 1.165) is 0 Å². The molecule has 0 saturated heterocycles. The molecule has 9 heavy (non-hydrogen) atoms. The Hall–Kier alpha value is -1.17. The van der Waals surface area contributed by atoms with Crippen LogP contribution in [0, 0.1) is 4.77 Å². The highest BCUT2D eigenvalue weighted by molar-refractivity contribution is 7.71. The lowest BCUT2D eigenvalue weighted by atomic mass is 10.8. The minimum atomic E-state index is 0.511. The highest BCUT2D eigenvalue weighted by Gasteiger charge is 1.85. The van der Waals surface area contributed by atoms with Crippen molar-refractivity contribution in [3.63, 3.8) is 0 Å². The summed E-state index contributed by atoms with van der Waals surface area (Å²) in [4.78, 5) is 5.40. The normalized spacial score (nSPS) is 10.7. The molecule has 0 aromatic carbocycles. The summed E-state index contributed by atoms with van der Waals surface area (Å²) in [5, 5.41) is 6.52. The summed E-state index contributed by atoms with van der Waals surface area (Å²) in [6.07, 6.45) is 1.58. The second-order valence-electron chi connectivity index (χ2n) is 1.34. The molecule has 0 unspecified atom stereocenters. The first-order valence-corrected chi connectivity index (χ1v) is 2.62. The summed E-state index contributed by atoms with van der Waals surface area (Å²) < 4.78 is 0.511. The summed E-state index contributed by atoms with van der Waals surface area (Å²) in [7, 11) is 0. The molecule has 48 valence electrons. The number of aromatic nitrogens is 2. The molecule has 6 heteroatoms. The van der Waals surface area contributed by atoms with E-state index in [2.05, 4.69) is 20.3 Å². The maximum Gasteiger partial charge on any atom is 0.176 e. The number of nitrogens with two attached hydrogens (primary N) is 1. The summed E-state index contributed by atoms with van der Waals surface area (Å²) in [5.74, 6) is 5.29. The minimum absolute atomic E-state index is 0.511. The average Bonchev–Trinajstić information content (AvgIpc) is 2.17. The van der Waals surface area contributed by atoms with Crippen molar-refractivity contribution in [3.8, 4) is 0 Å². The molecular formula is C3H5N5S. The first-order chi connectivity index (χ1) is 4.33. The van der Waals surface area contributed by atoms with Crippen LogP contribution in [0.25, 0.3) is 0 Å². The molecular weight excluding hydrogens is 138 g/mol. The van der Waals surface area contributed by atoms with Crippen molar-refractivity contribution >= 4 is 18.0 Å². The van der Waals surface area contributed by atoms with Crippen LogP contribution in [-0.2, 0) is 0 Å². The average molecular weight is 143 g/mol. The standard InChI is InChI=1S/C3H5N5S/c4-8-7-2-1-5-3(9)6-2/h1H,(H2,4,7)(H2,5,6,9). The molecule has 0 aliphatic rings. The van der Waals surface area contributed by atoms with Crippen molar-refractivity contribution in [2.45, 2.75) is 0 Å². The van der Waals surface area contributed by atoms with Crippen molar-refractivity contribution in [1.82, 2.24) is 9.97 Å². The van der Waals surface area contributed by atoms with E-state index in [4.69, 9.17) is 18.1 Å². The molecule has 1 aromatic heterocycles. The van der Waals surface area contributed by atoms with E-state index in [1.54, 1.807) is 6.20 Å². The smallest absolute Gasteiger partial charge is 0.176 e. The van der Waals surface area contributed by atoms with Gasteiger partial charge in [-0.1, -0.05) is 5.22 Å². The summed E-state index contributed by atoms with van der Waals surface area (Å²) in [5.41, 5.74) is 0. The van der Waals surface area contributed by atoms with Gasteiger partial charge in [-0.2, -0.15) is 0 Å². The fraction of sp³-hybridized carbons (Fsp3) is 0. The van der Waals surface area contributed by atoms with Crippen molar-refractivity contribution in [3.05, 3.63) is 11.0 Å². The molecule has 0 bridgehead atoms. The third-order valence-corrected chi connectivity index (χ3v) is 0.967. The molecule has 0 aliphatic carbocycles. The number of H-pyrrole nitrogens is 2. The zero-order valence-electron chi connectivity index (χ0n) is 4.46. The molecule has 0 radical (unpaired) electrons. The molecule has 0 spiro atoms. The Kier molecular flexibility index (Phi) is 1.59. The zero-order valence-corrected chi connectivity index (χ0v) is 5.27. The van der Waals surface area contributed by atoms with Gasteiger partial charge in [0.25, 0.3) is 0 Å². The van der Waals surface area contributed by atoms with Crippen LogP contribution in [-0.4, -0.2) is 9.97 Å². The van der Waals surface area contributed by atoms with Crippen LogP contribution in [0.2, 0.25) is 0 Å². The van der Waals surface area contributed by atoms with Crippen LogP contribution in [0.3, 0.4) is 0 Å².